The Morgan fingerprint density at radius 3 is 2.67 bits per heavy atom. The minimum Gasteiger partial charge on any atom is -0.480 e. The number of imidazole rings is 1. The number of carbonyl (C=O) groups is 1. The van der Waals surface area contributed by atoms with Crippen LogP contribution in [0.1, 0.15) is 30.9 Å². The SMILES string of the molecule is CO[C@H](C)[C@H](NCc1ccc2c(c1)nc(-c1cc(C)c(=O)n(C)c1)n2CC1CCOCC1)C(=O)O.Cl. The van der Waals surface area contributed by atoms with Gasteiger partial charge in [0.1, 0.15) is 11.9 Å². The van der Waals surface area contributed by atoms with Crippen molar-refractivity contribution in [3.05, 3.63) is 51.9 Å². The molecule has 3 heterocycles. The van der Waals surface area contributed by atoms with Crippen LogP contribution in [0.15, 0.2) is 35.3 Å². The first-order chi connectivity index (χ1) is 16.8. The Balaban J connectivity index is 0.00000361. The number of halogens is 1. The molecule has 4 rings (SSSR count). The number of pyridine rings is 1. The Morgan fingerprint density at radius 2 is 2.03 bits per heavy atom. The zero-order chi connectivity index (χ0) is 25.1. The van der Waals surface area contributed by atoms with Crippen molar-refractivity contribution in [2.24, 2.45) is 13.0 Å². The van der Waals surface area contributed by atoms with Gasteiger partial charge < -0.3 is 23.7 Å². The number of benzene rings is 1. The number of nitrogens with zero attached hydrogens (tertiary/aromatic N) is 3. The number of fused-ring (bicyclic) bond motifs is 1. The molecule has 196 valence electrons. The van der Waals surface area contributed by atoms with Crippen molar-refractivity contribution in [1.82, 2.24) is 19.4 Å². The number of hydrogen-bond donors (Lipinski definition) is 2. The molecule has 0 aliphatic carbocycles. The van der Waals surface area contributed by atoms with Gasteiger partial charge in [0.05, 0.1) is 17.1 Å². The Hall–Kier alpha value is -2.72. The third-order valence-electron chi connectivity index (χ3n) is 6.85. The number of aliphatic carboxylic acids is 1. The number of aromatic nitrogens is 3. The predicted molar refractivity (Wildman–Crippen MR) is 141 cm³/mol. The Bertz CT molecular complexity index is 1240. The molecule has 36 heavy (non-hydrogen) atoms. The highest BCUT2D eigenvalue weighted by Gasteiger charge is 2.24. The minimum absolute atomic E-state index is 0. The number of hydrogen-bond acceptors (Lipinski definition) is 6. The summed E-state index contributed by atoms with van der Waals surface area (Å²) in [5.74, 6) is 0.363. The number of aryl methyl sites for hydroxylation is 2. The molecule has 1 aromatic carbocycles. The van der Waals surface area contributed by atoms with Gasteiger partial charge >= 0.3 is 5.97 Å². The zero-order valence-corrected chi connectivity index (χ0v) is 22.0. The Labute approximate surface area is 216 Å². The minimum atomic E-state index is -0.950. The maximum atomic E-state index is 12.3. The average Bonchev–Trinajstić information content (AvgIpc) is 3.20. The summed E-state index contributed by atoms with van der Waals surface area (Å²) < 4.78 is 14.6. The molecule has 1 aliphatic rings. The average molecular weight is 519 g/mol. The van der Waals surface area contributed by atoms with E-state index in [1.54, 1.807) is 18.5 Å². The maximum Gasteiger partial charge on any atom is 0.323 e. The summed E-state index contributed by atoms with van der Waals surface area (Å²) in [5.41, 5.74) is 4.34. The van der Waals surface area contributed by atoms with E-state index in [1.165, 1.54) is 7.11 Å². The number of rotatable bonds is 9. The van der Waals surface area contributed by atoms with Crippen molar-refractivity contribution in [1.29, 1.82) is 0 Å². The van der Waals surface area contributed by atoms with Gasteiger partial charge in [-0.05, 0) is 56.4 Å². The van der Waals surface area contributed by atoms with Gasteiger partial charge in [-0.3, -0.25) is 14.9 Å². The van der Waals surface area contributed by atoms with Crippen LogP contribution in [0, 0.1) is 12.8 Å². The predicted octanol–water partition coefficient (Wildman–Crippen LogP) is 3.14. The van der Waals surface area contributed by atoms with Gasteiger partial charge in [0.2, 0.25) is 0 Å². The fourth-order valence-electron chi connectivity index (χ4n) is 4.70. The van der Waals surface area contributed by atoms with E-state index in [9.17, 15) is 14.7 Å². The standard InChI is InChI=1S/C26H34N4O5.ClH/c1-16-11-20(15-29(3)25(16)31)24-28-21-12-19(13-27-23(26(32)33)17(2)34-4)5-6-22(21)30(24)14-18-7-9-35-10-8-18;/h5-6,11-12,15,17-18,23,27H,7-10,13-14H2,1-4H3,(H,32,33);1H/t17-,23+;/m1./s1. The lowest BCUT2D eigenvalue weighted by Gasteiger charge is -2.23. The van der Waals surface area contributed by atoms with Crippen molar-refractivity contribution in [2.45, 2.75) is 51.9 Å². The number of carboxylic acid groups (broad SMARTS) is 1. The first kappa shape index (κ1) is 27.9. The fraction of sp³-hybridized carbons (Fsp3) is 0.500. The summed E-state index contributed by atoms with van der Waals surface area (Å²) in [6.07, 6.45) is 3.38. The maximum absolute atomic E-state index is 12.3. The molecular weight excluding hydrogens is 484 g/mol. The zero-order valence-electron chi connectivity index (χ0n) is 21.2. The van der Waals surface area contributed by atoms with Gasteiger partial charge in [-0.2, -0.15) is 0 Å². The van der Waals surface area contributed by atoms with E-state index < -0.39 is 18.1 Å². The van der Waals surface area contributed by atoms with Gasteiger partial charge in [0.25, 0.3) is 5.56 Å². The van der Waals surface area contributed by atoms with Crippen molar-refractivity contribution < 1.29 is 19.4 Å². The molecule has 2 aromatic heterocycles. The van der Waals surface area contributed by atoms with E-state index in [-0.39, 0.29) is 18.0 Å². The number of nitrogens with one attached hydrogen (secondary N) is 1. The molecule has 1 saturated heterocycles. The molecule has 9 nitrogen and oxygen atoms in total. The topological polar surface area (TPSA) is 108 Å². The molecular formula is C26H35ClN4O5. The van der Waals surface area contributed by atoms with Crippen molar-refractivity contribution in [3.8, 4) is 11.4 Å². The van der Waals surface area contributed by atoms with E-state index in [2.05, 4.69) is 9.88 Å². The highest BCUT2D eigenvalue weighted by Crippen LogP contribution is 2.29. The summed E-state index contributed by atoms with van der Waals surface area (Å²) in [7, 11) is 3.26. The molecule has 0 spiro atoms. The van der Waals surface area contributed by atoms with Gasteiger partial charge in [-0.15, -0.1) is 12.4 Å². The van der Waals surface area contributed by atoms with Crippen molar-refractivity contribution in [2.75, 3.05) is 20.3 Å². The summed E-state index contributed by atoms with van der Waals surface area (Å²) in [4.78, 5) is 28.9. The highest BCUT2D eigenvalue weighted by atomic mass is 35.5. The quantitative estimate of drug-likeness (QED) is 0.448. The van der Waals surface area contributed by atoms with Crippen LogP contribution in [0.2, 0.25) is 0 Å². The lowest BCUT2D eigenvalue weighted by atomic mass is 10.00. The molecule has 0 bridgehead atoms. The van der Waals surface area contributed by atoms with Crippen LogP contribution in [0.25, 0.3) is 22.4 Å². The summed E-state index contributed by atoms with van der Waals surface area (Å²) in [6.45, 7) is 6.29. The second-order valence-electron chi connectivity index (χ2n) is 9.39. The summed E-state index contributed by atoms with van der Waals surface area (Å²) in [6, 6.07) is 7.13. The number of methoxy groups -OCH3 is 1. The molecule has 1 fully saturated rings. The van der Waals surface area contributed by atoms with Crippen LogP contribution in [0.4, 0.5) is 0 Å². The van der Waals surface area contributed by atoms with Gasteiger partial charge in [0.15, 0.2) is 0 Å². The monoisotopic (exact) mass is 518 g/mol. The second kappa shape index (κ2) is 12.0. The lowest BCUT2D eigenvalue weighted by Crippen LogP contribution is -2.45. The van der Waals surface area contributed by atoms with Crippen LogP contribution in [0.5, 0.6) is 0 Å². The van der Waals surface area contributed by atoms with Gasteiger partial charge in [-0.25, -0.2) is 4.98 Å². The molecule has 2 N–H and O–H groups in total. The van der Waals surface area contributed by atoms with Crippen LogP contribution in [-0.4, -0.2) is 57.7 Å². The van der Waals surface area contributed by atoms with E-state index in [0.29, 0.717) is 18.0 Å². The Morgan fingerprint density at radius 1 is 1.31 bits per heavy atom. The van der Waals surface area contributed by atoms with Crippen LogP contribution >= 0.6 is 12.4 Å². The first-order valence-electron chi connectivity index (χ1n) is 12.0. The third kappa shape index (κ3) is 5.98. The molecule has 1 aliphatic heterocycles. The van der Waals surface area contributed by atoms with Gasteiger partial charge in [0, 0.05) is 57.8 Å². The summed E-state index contributed by atoms with van der Waals surface area (Å²) >= 11 is 0. The van der Waals surface area contributed by atoms with Crippen LogP contribution in [0.3, 0.4) is 0 Å². The normalized spacial score (nSPS) is 16.0. The second-order valence-corrected chi connectivity index (χ2v) is 9.39. The van der Waals surface area contributed by atoms with E-state index in [0.717, 1.165) is 60.6 Å². The molecule has 10 heteroatoms. The van der Waals surface area contributed by atoms with Crippen molar-refractivity contribution in [3.63, 3.8) is 0 Å². The smallest absolute Gasteiger partial charge is 0.323 e. The van der Waals surface area contributed by atoms with Gasteiger partial charge in [-0.1, -0.05) is 6.07 Å². The largest absolute Gasteiger partial charge is 0.480 e. The third-order valence-corrected chi connectivity index (χ3v) is 6.85. The van der Waals surface area contributed by atoms with E-state index >= 15 is 0 Å². The molecule has 3 aromatic rings. The first-order valence-corrected chi connectivity index (χ1v) is 12.0. The fourth-order valence-corrected chi connectivity index (χ4v) is 4.70. The van der Waals surface area contributed by atoms with E-state index in [4.69, 9.17) is 14.5 Å². The van der Waals surface area contributed by atoms with Crippen LogP contribution in [-0.2, 0) is 34.4 Å². The van der Waals surface area contributed by atoms with Crippen molar-refractivity contribution >= 4 is 29.4 Å². The molecule has 2 atom stereocenters. The summed E-state index contributed by atoms with van der Waals surface area (Å²) in [5, 5.41) is 12.6. The van der Waals surface area contributed by atoms with E-state index in [1.807, 2.05) is 37.4 Å². The Kier molecular flexibility index (Phi) is 9.30. The molecule has 0 radical (unpaired) electrons. The molecule has 0 amide bonds. The molecule has 0 saturated carbocycles. The number of carboxylic acids is 1. The highest BCUT2D eigenvalue weighted by molar-refractivity contribution is 5.85. The lowest BCUT2D eigenvalue weighted by molar-refractivity contribution is -0.142. The molecule has 0 unspecified atom stereocenters. The van der Waals surface area contributed by atoms with Crippen LogP contribution < -0.4 is 10.9 Å². The number of ether oxygens (including phenoxy) is 2.